The second-order valence-corrected chi connectivity index (χ2v) is 7.61. The molecule has 0 radical (unpaired) electrons. The second-order valence-electron chi connectivity index (χ2n) is 7.61. The lowest BCUT2D eigenvalue weighted by molar-refractivity contribution is 0.0204. The SMILES string of the molecule is CC(C)(C)OC(=O)N1CCC(c2cccc(NC3CC3)n2)CC1. The van der Waals surface area contributed by atoms with Gasteiger partial charge in [-0.15, -0.1) is 0 Å². The summed E-state index contributed by atoms with van der Waals surface area (Å²) in [5.41, 5.74) is 0.706. The van der Waals surface area contributed by atoms with Crippen molar-refractivity contribution in [3.05, 3.63) is 23.9 Å². The first-order chi connectivity index (χ1) is 10.9. The molecule has 2 aliphatic rings. The molecule has 3 rings (SSSR count). The molecule has 1 aliphatic carbocycles. The van der Waals surface area contributed by atoms with Crippen LogP contribution in [-0.2, 0) is 4.74 Å². The van der Waals surface area contributed by atoms with Gasteiger partial charge in [0.1, 0.15) is 11.4 Å². The van der Waals surface area contributed by atoms with E-state index in [0.29, 0.717) is 12.0 Å². The highest BCUT2D eigenvalue weighted by Gasteiger charge is 2.28. The van der Waals surface area contributed by atoms with Gasteiger partial charge in [-0.1, -0.05) is 6.07 Å². The van der Waals surface area contributed by atoms with E-state index in [-0.39, 0.29) is 6.09 Å². The van der Waals surface area contributed by atoms with E-state index in [1.165, 1.54) is 12.8 Å². The monoisotopic (exact) mass is 317 g/mol. The van der Waals surface area contributed by atoms with Crippen LogP contribution in [0.5, 0.6) is 0 Å². The highest BCUT2D eigenvalue weighted by Crippen LogP contribution is 2.29. The molecule has 1 aromatic heterocycles. The summed E-state index contributed by atoms with van der Waals surface area (Å²) in [5.74, 6) is 1.41. The Morgan fingerprint density at radius 2 is 1.91 bits per heavy atom. The lowest BCUT2D eigenvalue weighted by atomic mass is 9.93. The summed E-state index contributed by atoms with van der Waals surface area (Å²) in [6.45, 7) is 7.18. The molecule has 1 aliphatic heterocycles. The van der Waals surface area contributed by atoms with Crippen LogP contribution in [-0.4, -0.2) is 40.7 Å². The van der Waals surface area contributed by atoms with E-state index >= 15 is 0 Å². The maximum atomic E-state index is 12.1. The number of nitrogens with one attached hydrogen (secondary N) is 1. The van der Waals surface area contributed by atoms with Gasteiger partial charge in [0.15, 0.2) is 0 Å². The van der Waals surface area contributed by atoms with E-state index in [9.17, 15) is 4.79 Å². The lowest BCUT2D eigenvalue weighted by Crippen LogP contribution is -2.41. The summed E-state index contributed by atoms with van der Waals surface area (Å²) in [7, 11) is 0. The minimum atomic E-state index is -0.432. The van der Waals surface area contributed by atoms with Crippen molar-refractivity contribution < 1.29 is 9.53 Å². The summed E-state index contributed by atoms with van der Waals surface area (Å²) < 4.78 is 5.45. The minimum Gasteiger partial charge on any atom is -0.444 e. The molecule has 0 unspecified atom stereocenters. The number of amides is 1. The van der Waals surface area contributed by atoms with Crippen LogP contribution in [0.4, 0.5) is 10.6 Å². The molecular formula is C18H27N3O2. The largest absolute Gasteiger partial charge is 0.444 e. The van der Waals surface area contributed by atoms with Crippen LogP contribution in [0.1, 0.15) is 58.1 Å². The first-order valence-electron chi connectivity index (χ1n) is 8.62. The molecule has 2 heterocycles. The number of anilines is 1. The number of ether oxygens (including phenoxy) is 1. The topological polar surface area (TPSA) is 54.5 Å². The number of carbonyl (C=O) groups is 1. The Kier molecular flexibility index (Phi) is 4.46. The number of carbonyl (C=O) groups excluding carboxylic acids is 1. The van der Waals surface area contributed by atoms with E-state index in [4.69, 9.17) is 9.72 Å². The summed E-state index contributed by atoms with van der Waals surface area (Å²) in [4.78, 5) is 18.7. The Bertz CT molecular complexity index is 556. The van der Waals surface area contributed by atoms with Crippen molar-refractivity contribution in [1.29, 1.82) is 0 Å². The van der Waals surface area contributed by atoms with Gasteiger partial charge in [0.2, 0.25) is 0 Å². The zero-order valence-corrected chi connectivity index (χ0v) is 14.3. The minimum absolute atomic E-state index is 0.201. The van der Waals surface area contributed by atoms with Crippen LogP contribution in [0.3, 0.4) is 0 Å². The third kappa shape index (κ3) is 4.60. The summed E-state index contributed by atoms with van der Waals surface area (Å²) in [5, 5.41) is 3.45. The zero-order valence-electron chi connectivity index (χ0n) is 14.3. The van der Waals surface area contributed by atoms with Crippen molar-refractivity contribution in [3.63, 3.8) is 0 Å². The van der Waals surface area contributed by atoms with Crippen LogP contribution in [0.25, 0.3) is 0 Å². The van der Waals surface area contributed by atoms with Crippen LogP contribution in [0.15, 0.2) is 18.2 Å². The Hall–Kier alpha value is -1.78. The fourth-order valence-corrected chi connectivity index (χ4v) is 2.88. The van der Waals surface area contributed by atoms with Crippen LogP contribution < -0.4 is 5.32 Å². The Balaban J connectivity index is 1.55. The third-order valence-electron chi connectivity index (χ3n) is 4.26. The molecule has 5 nitrogen and oxygen atoms in total. The molecule has 1 saturated carbocycles. The van der Waals surface area contributed by atoms with Gasteiger partial charge in [0.25, 0.3) is 0 Å². The van der Waals surface area contributed by atoms with E-state index in [1.54, 1.807) is 0 Å². The van der Waals surface area contributed by atoms with E-state index < -0.39 is 5.60 Å². The molecule has 1 amide bonds. The predicted octanol–water partition coefficient (Wildman–Crippen LogP) is 3.77. The fourth-order valence-electron chi connectivity index (χ4n) is 2.88. The van der Waals surface area contributed by atoms with Gasteiger partial charge in [0, 0.05) is 30.7 Å². The van der Waals surface area contributed by atoms with Crippen molar-refractivity contribution in [2.24, 2.45) is 0 Å². The maximum Gasteiger partial charge on any atom is 0.410 e. The van der Waals surface area contributed by atoms with Crippen LogP contribution in [0, 0.1) is 0 Å². The maximum absolute atomic E-state index is 12.1. The number of pyridine rings is 1. The molecule has 23 heavy (non-hydrogen) atoms. The summed E-state index contributed by atoms with van der Waals surface area (Å²) in [6.07, 6.45) is 4.19. The van der Waals surface area contributed by atoms with Crippen molar-refractivity contribution >= 4 is 11.9 Å². The molecule has 5 heteroatoms. The molecule has 0 atom stereocenters. The second kappa shape index (κ2) is 6.38. The van der Waals surface area contributed by atoms with Gasteiger partial charge in [0.05, 0.1) is 0 Å². The van der Waals surface area contributed by atoms with Crippen molar-refractivity contribution in [1.82, 2.24) is 9.88 Å². The van der Waals surface area contributed by atoms with Crippen molar-refractivity contribution in [2.45, 2.75) is 64.0 Å². The Morgan fingerprint density at radius 3 is 2.52 bits per heavy atom. The number of hydrogen-bond acceptors (Lipinski definition) is 4. The first-order valence-corrected chi connectivity index (χ1v) is 8.62. The standard InChI is InChI=1S/C18H27N3O2/c1-18(2,3)23-17(22)21-11-9-13(10-12-21)15-5-4-6-16(20-15)19-14-7-8-14/h4-6,13-14H,7-12H2,1-3H3,(H,19,20). The van der Waals surface area contributed by atoms with Gasteiger partial charge in [-0.2, -0.15) is 0 Å². The molecule has 126 valence electrons. The lowest BCUT2D eigenvalue weighted by Gasteiger charge is -2.33. The van der Waals surface area contributed by atoms with Crippen LogP contribution >= 0.6 is 0 Å². The van der Waals surface area contributed by atoms with Gasteiger partial charge < -0.3 is 15.0 Å². The number of likely N-dealkylation sites (tertiary alicyclic amines) is 1. The molecule has 0 spiro atoms. The predicted molar refractivity (Wildman–Crippen MR) is 90.7 cm³/mol. The molecule has 1 saturated heterocycles. The Morgan fingerprint density at radius 1 is 1.22 bits per heavy atom. The quantitative estimate of drug-likeness (QED) is 0.922. The number of piperidine rings is 1. The van der Waals surface area contributed by atoms with Gasteiger partial charge in [-0.25, -0.2) is 9.78 Å². The van der Waals surface area contributed by atoms with Crippen LogP contribution in [0.2, 0.25) is 0 Å². The van der Waals surface area contributed by atoms with Crippen molar-refractivity contribution in [3.8, 4) is 0 Å². The number of rotatable bonds is 3. The number of aromatic nitrogens is 1. The Labute approximate surface area is 138 Å². The molecule has 2 fully saturated rings. The van der Waals surface area contributed by atoms with E-state index in [1.807, 2.05) is 31.7 Å². The summed E-state index contributed by atoms with van der Waals surface area (Å²) in [6, 6.07) is 6.84. The van der Waals surface area contributed by atoms with E-state index in [0.717, 1.165) is 37.4 Å². The van der Waals surface area contributed by atoms with E-state index in [2.05, 4.69) is 17.4 Å². The highest BCUT2D eigenvalue weighted by atomic mass is 16.6. The number of nitrogens with zero attached hydrogens (tertiary/aromatic N) is 2. The molecule has 1 N–H and O–H groups in total. The van der Waals surface area contributed by atoms with Crippen molar-refractivity contribution in [2.75, 3.05) is 18.4 Å². The molecule has 1 aromatic rings. The third-order valence-corrected chi connectivity index (χ3v) is 4.26. The summed E-state index contributed by atoms with van der Waals surface area (Å²) >= 11 is 0. The first kappa shape index (κ1) is 16.1. The number of hydrogen-bond donors (Lipinski definition) is 1. The highest BCUT2D eigenvalue weighted by molar-refractivity contribution is 5.68. The molecular weight excluding hydrogens is 290 g/mol. The normalized spacial score (nSPS) is 19.5. The van der Waals surface area contributed by atoms with Gasteiger partial charge >= 0.3 is 6.09 Å². The smallest absolute Gasteiger partial charge is 0.410 e. The van der Waals surface area contributed by atoms with Gasteiger partial charge in [-0.3, -0.25) is 0 Å². The fraction of sp³-hybridized carbons (Fsp3) is 0.667. The average molecular weight is 317 g/mol. The average Bonchev–Trinajstić information content (AvgIpc) is 3.30. The zero-order chi connectivity index (χ0) is 16.4. The molecule has 0 aromatic carbocycles. The van der Waals surface area contributed by atoms with Gasteiger partial charge in [-0.05, 0) is 58.6 Å². The molecule has 0 bridgehead atoms.